The summed E-state index contributed by atoms with van der Waals surface area (Å²) >= 11 is 5.93. The van der Waals surface area contributed by atoms with Gasteiger partial charge in [0, 0.05) is 23.3 Å². The molecule has 9 heteroatoms. The number of aromatic nitrogens is 2. The molecule has 1 aliphatic heterocycles. The molecule has 1 saturated heterocycles. The molecule has 0 amide bonds. The summed E-state index contributed by atoms with van der Waals surface area (Å²) in [6.07, 6.45) is 1.78. The number of methoxy groups -OCH3 is 1. The van der Waals surface area contributed by atoms with Gasteiger partial charge in [-0.15, -0.1) is 0 Å². The fourth-order valence-electron chi connectivity index (χ4n) is 5.71. The van der Waals surface area contributed by atoms with E-state index in [2.05, 4.69) is 21.3 Å². The van der Waals surface area contributed by atoms with E-state index in [1.54, 1.807) is 25.4 Å². The van der Waals surface area contributed by atoms with Gasteiger partial charge in [0.1, 0.15) is 17.2 Å². The molecule has 1 fully saturated rings. The zero-order valence-corrected chi connectivity index (χ0v) is 24.7. The van der Waals surface area contributed by atoms with Gasteiger partial charge in [-0.3, -0.25) is 4.98 Å². The summed E-state index contributed by atoms with van der Waals surface area (Å²) in [4.78, 5) is 18.9. The quantitative estimate of drug-likeness (QED) is 0.184. The van der Waals surface area contributed by atoms with Crippen LogP contribution in [0.15, 0.2) is 103 Å². The van der Waals surface area contributed by atoms with E-state index >= 15 is 0 Å². The number of nitrogens with zero attached hydrogens (tertiary/aromatic N) is 3. The number of carbonyl (C=O) groups is 1. The molecule has 2 N–H and O–H groups in total. The SMILES string of the molecule is COc1ccc(Oc2ccc(N3C(=S)N[C@H](c4ccccn4)[C@@H]3c3cc(C)n(-c4ccccc4C(=O)O)c3C)cc2)cc1. The van der Waals surface area contributed by atoms with Crippen molar-refractivity contribution in [3.8, 4) is 22.9 Å². The number of aromatic carboxylic acids is 1. The fraction of sp³-hybridized carbons (Fsp3) is 0.147. The van der Waals surface area contributed by atoms with Crippen LogP contribution in [-0.4, -0.2) is 32.8 Å². The average Bonchev–Trinajstić information content (AvgIpc) is 3.52. The van der Waals surface area contributed by atoms with Crippen molar-refractivity contribution < 1.29 is 19.4 Å². The Morgan fingerprint density at radius 1 is 0.907 bits per heavy atom. The molecular formula is C34H30N4O4S. The number of nitrogens with one attached hydrogen (secondary N) is 1. The Labute approximate surface area is 255 Å². The van der Waals surface area contributed by atoms with Crippen LogP contribution in [0.3, 0.4) is 0 Å². The molecular weight excluding hydrogens is 560 g/mol. The summed E-state index contributed by atoms with van der Waals surface area (Å²) in [6, 6.07) is 29.7. The van der Waals surface area contributed by atoms with Gasteiger partial charge >= 0.3 is 5.97 Å². The summed E-state index contributed by atoms with van der Waals surface area (Å²) < 4.78 is 13.3. The maximum atomic E-state index is 12.1. The Balaban J connectivity index is 1.41. The average molecular weight is 591 g/mol. The van der Waals surface area contributed by atoms with E-state index in [4.69, 9.17) is 21.7 Å². The number of anilines is 1. The van der Waals surface area contributed by atoms with Crippen molar-refractivity contribution in [1.29, 1.82) is 0 Å². The molecule has 0 bridgehead atoms. The highest BCUT2D eigenvalue weighted by Gasteiger charge is 2.42. The minimum Gasteiger partial charge on any atom is -0.497 e. The van der Waals surface area contributed by atoms with E-state index in [1.807, 2.05) is 97.3 Å². The van der Waals surface area contributed by atoms with Crippen molar-refractivity contribution in [2.75, 3.05) is 12.0 Å². The van der Waals surface area contributed by atoms with E-state index in [9.17, 15) is 9.90 Å². The van der Waals surface area contributed by atoms with E-state index in [0.29, 0.717) is 22.3 Å². The van der Waals surface area contributed by atoms with Crippen molar-refractivity contribution in [2.45, 2.75) is 25.9 Å². The van der Waals surface area contributed by atoms with Crippen LogP contribution in [-0.2, 0) is 0 Å². The Bertz CT molecular complexity index is 1790. The molecule has 0 radical (unpaired) electrons. The summed E-state index contributed by atoms with van der Waals surface area (Å²) in [6.45, 7) is 4.00. The molecule has 2 atom stereocenters. The van der Waals surface area contributed by atoms with Gasteiger partial charge in [0.05, 0.1) is 36.1 Å². The molecule has 5 aromatic rings. The fourth-order valence-corrected chi connectivity index (χ4v) is 6.06. The lowest BCUT2D eigenvalue weighted by Gasteiger charge is -2.28. The number of hydrogen-bond donors (Lipinski definition) is 2. The zero-order chi connectivity index (χ0) is 30.1. The van der Waals surface area contributed by atoms with Crippen molar-refractivity contribution >= 4 is 29.0 Å². The van der Waals surface area contributed by atoms with E-state index in [1.165, 1.54) is 0 Å². The second-order valence-corrected chi connectivity index (χ2v) is 10.6. The van der Waals surface area contributed by atoms with Crippen LogP contribution in [0.2, 0.25) is 0 Å². The number of ether oxygens (including phenoxy) is 2. The van der Waals surface area contributed by atoms with E-state index < -0.39 is 5.97 Å². The van der Waals surface area contributed by atoms with Crippen LogP contribution in [0.1, 0.15) is 45.1 Å². The van der Waals surface area contributed by atoms with Gasteiger partial charge in [-0.1, -0.05) is 18.2 Å². The van der Waals surface area contributed by atoms with Gasteiger partial charge in [0.2, 0.25) is 0 Å². The first-order chi connectivity index (χ1) is 20.9. The standard InChI is InChI=1S/C34H30N4O4S/c1-21-20-28(22(2)37(21)30-10-5-4-8-27(30)33(39)40)32-31(29-9-6-7-19-35-29)36-34(43)38(32)23-11-13-25(14-12-23)42-26-17-15-24(41-3)16-18-26/h4-20,31-32H,1-3H3,(H,36,43)(H,39,40)/t31-,32+/m1/s1. The van der Waals surface area contributed by atoms with Gasteiger partial charge in [-0.2, -0.15) is 0 Å². The predicted octanol–water partition coefficient (Wildman–Crippen LogP) is 7.17. The molecule has 0 unspecified atom stereocenters. The molecule has 8 nitrogen and oxygen atoms in total. The van der Waals surface area contributed by atoms with Crippen LogP contribution >= 0.6 is 12.2 Å². The van der Waals surface area contributed by atoms with Crippen molar-refractivity contribution in [2.24, 2.45) is 0 Å². The van der Waals surface area contributed by atoms with Gasteiger partial charge in [-0.05, 0) is 110 Å². The maximum Gasteiger partial charge on any atom is 0.337 e. The summed E-state index contributed by atoms with van der Waals surface area (Å²) in [5, 5.41) is 14.0. The third-order valence-corrected chi connectivity index (χ3v) is 7.99. The number of rotatable bonds is 8. The highest BCUT2D eigenvalue weighted by atomic mass is 32.1. The number of thiocarbonyl (C=S) groups is 1. The lowest BCUT2D eigenvalue weighted by atomic mass is 9.96. The molecule has 2 aromatic heterocycles. The van der Waals surface area contributed by atoms with Gasteiger partial charge in [0.25, 0.3) is 0 Å². The van der Waals surface area contributed by atoms with Gasteiger partial charge < -0.3 is 29.4 Å². The zero-order valence-electron chi connectivity index (χ0n) is 23.9. The number of benzene rings is 3. The second-order valence-electron chi connectivity index (χ2n) is 10.3. The molecule has 0 spiro atoms. The van der Waals surface area contributed by atoms with Gasteiger partial charge in [-0.25, -0.2) is 4.79 Å². The predicted molar refractivity (Wildman–Crippen MR) is 170 cm³/mol. The smallest absolute Gasteiger partial charge is 0.337 e. The number of para-hydroxylation sites is 1. The summed E-state index contributed by atoms with van der Waals surface area (Å²) in [5.41, 5.74) is 5.45. The molecule has 0 saturated carbocycles. The Hall–Kier alpha value is -5.15. The van der Waals surface area contributed by atoms with Crippen LogP contribution in [0.25, 0.3) is 5.69 Å². The molecule has 216 valence electrons. The third kappa shape index (κ3) is 5.30. The highest BCUT2D eigenvalue weighted by Crippen LogP contribution is 2.44. The molecule has 3 heterocycles. The summed E-state index contributed by atoms with van der Waals surface area (Å²) in [7, 11) is 1.63. The van der Waals surface area contributed by atoms with Gasteiger partial charge in [0.15, 0.2) is 5.11 Å². The van der Waals surface area contributed by atoms with Crippen LogP contribution in [0, 0.1) is 13.8 Å². The molecule has 3 aromatic carbocycles. The molecule has 6 rings (SSSR count). The van der Waals surface area contributed by atoms with Crippen LogP contribution in [0.5, 0.6) is 17.2 Å². The maximum absolute atomic E-state index is 12.1. The van der Waals surface area contributed by atoms with Crippen molar-refractivity contribution in [3.63, 3.8) is 0 Å². The second kappa shape index (κ2) is 11.6. The number of carboxylic acid groups (broad SMARTS) is 1. The summed E-state index contributed by atoms with van der Waals surface area (Å²) in [5.74, 6) is 1.18. The molecule has 43 heavy (non-hydrogen) atoms. The molecule has 1 aliphatic rings. The number of pyridine rings is 1. The van der Waals surface area contributed by atoms with E-state index in [0.717, 1.165) is 34.1 Å². The lowest BCUT2D eigenvalue weighted by molar-refractivity contribution is 0.0697. The Morgan fingerprint density at radius 2 is 1.56 bits per heavy atom. The number of aryl methyl sites for hydroxylation is 1. The Morgan fingerprint density at radius 3 is 2.21 bits per heavy atom. The normalized spacial score (nSPS) is 16.2. The van der Waals surface area contributed by atoms with Crippen LogP contribution < -0.4 is 19.7 Å². The van der Waals surface area contributed by atoms with E-state index in [-0.39, 0.29) is 17.6 Å². The minimum absolute atomic E-state index is 0.237. The monoisotopic (exact) mass is 590 g/mol. The first kappa shape index (κ1) is 28.0. The number of carboxylic acids is 1. The Kier molecular flexibility index (Phi) is 7.56. The highest BCUT2D eigenvalue weighted by molar-refractivity contribution is 7.80. The molecule has 0 aliphatic carbocycles. The minimum atomic E-state index is -0.974. The largest absolute Gasteiger partial charge is 0.497 e. The lowest BCUT2D eigenvalue weighted by Crippen LogP contribution is -2.29. The number of hydrogen-bond acceptors (Lipinski definition) is 5. The third-order valence-electron chi connectivity index (χ3n) is 7.67. The topological polar surface area (TPSA) is 88.9 Å². The van der Waals surface area contributed by atoms with Crippen LogP contribution in [0.4, 0.5) is 5.69 Å². The van der Waals surface area contributed by atoms with Crippen molar-refractivity contribution in [1.82, 2.24) is 14.9 Å². The van der Waals surface area contributed by atoms with Crippen molar-refractivity contribution in [3.05, 3.63) is 131 Å². The first-order valence-electron chi connectivity index (χ1n) is 13.8. The first-order valence-corrected chi connectivity index (χ1v) is 14.2.